The first-order valence-electron chi connectivity index (χ1n) is 9.10. The number of hydrogen-bond donors (Lipinski definition) is 1. The molecular weight excluding hydrogens is 354 g/mol. The summed E-state index contributed by atoms with van der Waals surface area (Å²) in [4.78, 5) is 17.6. The topological polar surface area (TPSA) is 85.8 Å². The van der Waals surface area contributed by atoms with Crippen molar-refractivity contribution in [2.45, 2.75) is 19.9 Å². The maximum Gasteiger partial charge on any atom is 0.297 e. The number of hydrogen-bond acceptors (Lipinski definition) is 4. The second-order valence-electron chi connectivity index (χ2n) is 7.13. The van der Waals surface area contributed by atoms with Gasteiger partial charge in [0.15, 0.2) is 5.82 Å². The molecule has 28 heavy (non-hydrogen) atoms. The lowest BCUT2D eigenvalue weighted by Gasteiger charge is -2.15. The molecule has 5 rings (SSSR count). The number of nitrogens with one attached hydrogen (secondary N) is 1. The van der Waals surface area contributed by atoms with Crippen LogP contribution in [0.15, 0.2) is 53.8 Å². The summed E-state index contributed by atoms with van der Waals surface area (Å²) in [5, 5.41) is 12.7. The maximum atomic E-state index is 13.3. The van der Waals surface area contributed by atoms with Gasteiger partial charge in [-0.15, -0.1) is 5.10 Å². The highest BCUT2D eigenvalue weighted by atomic mass is 16.1. The Balaban J connectivity index is 1.90. The number of aromatic amines is 1. The van der Waals surface area contributed by atoms with Gasteiger partial charge in [-0.25, -0.2) is 9.50 Å². The molecule has 0 saturated heterocycles. The van der Waals surface area contributed by atoms with Gasteiger partial charge in [0.2, 0.25) is 5.65 Å². The van der Waals surface area contributed by atoms with Crippen LogP contribution in [0, 0.1) is 0 Å². The zero-order valence-electron chi connectivity index (χ0n) is 15.8. The lowest BCUT2D eigenvalue weighted by atomic mass is 10.1. The molecule has 0 aliphatic carbocycles. The number of fused-ring (bicyclic) bond motifs is 2. The van der Waals surface area contributed by atoms with Crippen molar-refractivity contribution in [3.63, 3.8) is 0 Å². The van der Waals surface area contributed by atoms with Crippen LogP contribution in [0.3, 0.4) is 0 Å². The Hall–Kier alpha value is -3.68. The van der Waals surface area contributed by atoms with Gasteiger partial charge in [-0.1, -0.05) is 18.2 Å². The zero-order chi connectivity index (χ0) is 19.4. The average Bonchev–Trinajstić information content (AvgIpc) is 3.40. The summed E-state index contributed by atoms with van der Waals surface area (Å²) in [5.41, 5.74) is 3.68. The summed E-state index contributed by atoms with van der Waals surface area (Å²) in [7, 11) is 2.00. The van der Waals surface area contributed by atoms with Crippen LogP contribution >= 0.6 is 0 Å². The summed E-state index contributed by atoms with van der Waals surface area (Å²) in [6, 6.07) is 8.05. The largest absolute Gasteiger partial charge is 0.350 e. The number of nitrogens with zero attached hydrogens (tertiary/aromatic N) is 6. The van der Waals surface area contributed by atoms with Crippen LogP contribution in [0.25, 0.3) is 39.2 Å². The van der Waals surface area contributed by atoms with E-state index in [1.54, 1.807) is 27.7 Å². The van der Waals surface area contributed by atoms with Gasteiger partial charge in [0.05, 0.1) is 18.1 Å². The molecule has 0 amide bonds. The third-order valence-electron chi connectivity index (χ3n) is 5.02. The second-order valence-corrected chi connectivity index (χ2v) is 7.13. The van der Waals surface area contributed by atoms with E-state index in [0.717, 1.165) is 27.7 Å². The second kappa shape index (κ2) is 5.91. The molecule has 0 atom stereocenters. The van der Waals surface area contributed by atoms with Crippen molar-refractivity contribution in [1.82, 2.24) is 33.9 Å². The van der Waals surface area contributed by atoms with Crippen molar-refractivity contribution in [3.8, 4) is 22.6 Å². The van der Waals surface area contributed by atoms with E-state index in [1.165, 1.54) is 0 Å². The molecule has 8 nitrogen and oxygen atoms in total. The van der Waals surface area contributed by atoms with Crippen LogP contribution in [0.5, 0.6) is 0 Å². The fraction of sp³-hybridized carbons (Fsp3) is 0.200. The van der Waals surface area contributed by atoms with Gasteiger partial charge in [0.25, 0.3) is 5.56 Å². The average molecular weight is 373 g/mol. The van der Waals surface area contributed by atoms with Gasteiger partial charge in [-0.3, -0.25) is 14.5 Å². The summed E-state index contributed by atoms with van der Waals surface area (Å²) in [6.45, 7) is 3.96. The lowest BCUT2D eigenvalue weighted by Crippen LogP contribution is -2.27. The van der Waals surface area contributed by atoms with E-state index in [9.17, 15) is 4.79 Å². The van der Waals surface area contributed by atoms with Gasteiger partial charge in [0.1, 0.15) is 0 Å². The Kier molecular flexibility index (Phi) is 3.48. The fourth-order valence-electron chi connectivity index (χ4n) is 3.71. The Bertz CT molecular complexity index is 1370. The first-order valence-corrected chi connectivity index (χ1v) is 9.10. The molecule has 4 heterocycles. The van der Waals surface area contributed by atoms with E-state index >= 15 is 0 Å². The summed E-state index contributed by atoms with van der Waals surface area (Å²) in [6.07, 6.45) is 7.13. The Labute approximate surface area is 160 Å². The molecule has 140 valence electrons. The Morgan fingerprint density at radius 3 is 2.71 bits per heavy atom. The van der Waals surface area contributed by atoms with Gasteiger partial charge < -0.3 is 4.57 Å². The van der Waals surface area contributed by atoms with Crippen LogP contribution in [-0.2, 0) is 7.05 Å². The lowest BCUT2D eigenvalue weighted by molar-refractivity contribution is 0.566. The first-order chi connectivity index (χ1) is 13.6. The van der Waals surface area contributed by atoms with E-state index in [4.69, 9.17) is 5.10 Å². The molecule has 0 fully saturated rings. The van der Waals surface area contributed by atoms with Gasteiger partial charge in [-0.05, 0) is 19.9 Å². The SMILES string of the molecule is CC(C)n1c(-c2cn(C)c3ccccc23)nn2c(-c3cn[nH]c3)cnc2c1=O. The highest BCUT2D eigenvalue weighted by molar-refractivity contribution is 5.94. The number of para-hydroxylation sites is 1. The van der Waals surface area contributed by atoms with Crippen LogP contribution in [0.2, 0.25) is 0 Å². The standard InChI is InChI=1S/C20H19N7O/c1-12(2)26-18(15-11-25(3)16-7-5-4-6-14(15)16)24-27-17(13-8-22-23-9-13)10-21-19(27)20(26)28/h4-12H,1-3H3,(H,22,23). The minimum Gasteiger partial charge on any atom is -0.350 e. The molecule has 8 heteroatoms. The quantitative estimate of drug-likeness (QED) is 0.527. The predicted octanol–water partition coefficient (Wildman–Crippen LogP) is 3.02. The van der Waals surface area contributed by atoms with Crippen LogP contribution < -0.4 is 5.56 Å². The zero-order valence-corrected chi connectivity index (χ0v) is 15.8. The van der Waals surface area contributed by atoms with Crippen LogP contribution in [-0.4, -0.2) is 33.9 Å². The molecular formula is C20H19N7O. The number of aryl methyl sites for hydroxylation is 1. The molecule has 5 aromatic rings. The van der Waals surface area contributed by atoms with Crippen LogP contribution in [0.1, 0.15) is 19.9 Å². The van der Waals surface area contributed by atoms with Gasteiger partial charge in [-0.2, -0.15) is 5.10 Å². The normalized spacial score (nSPS) is 11.9. The summed E-state index contributed by atoms with van der Waals surface area (Å²) in [5.74, 6) is 0.618. The smallest absolute Gasteiger partial charge is 0.297 e. The summed E-state index contributed by atoms with van der Waals surface area (Å²) < 4.78 is 5.38. The first kappa shape index (κ1) is 16.5. The highest BCUT2D eigenvalue weighted by Gasteiger charge is 2.21. The Morgan fingerprint density at radius 1 is 1.14 bits per heavy atom. The van der Waals surface area contributed by atoms with Crippen molar-refractivity contribution in [1.29, 1.82) is 0 Å². The third kappa shape index (κ3) is 2.24. The van der Waals surface area contributed by atoms with Crippen molar-refractivity contribution in [3.05, 3.63) is 59.4 Å². The molecule has 4 aromatic heterocycles. The summed E-state index contributed by atoms with van der Waals surface area (Å²) >= 11 is 0. The van der Waals surface area contributed by atoms with Crippen molar-refractivity contribution >= 4 is 16.6 Å². The predicted molar refractivity (Wildman–Crippen MR) is 107 cm³/mol. The van der Waals surface area contributed by atoms with E-state index in [-0.39, 0.29) is 11.6 Å². The van der Waals surface area contributed by atoms with Crippen LogP contribution in [0.4, 0.5) is 0 Å². The minimum absolute atomic E-state index is 0.0620. The molecule has 1 N–H and O–H groups in total. The van der Waals surface area contributed by atoms with E-state index in [1.807, 2.05) is 39.2 Å². The van der Waals surface area contributed by atoms with Crippen molar-refractivity contribution in [2.75, 3.05) is 0 Å². The molecule has 0 spiro atoms. The molecule has 0 aliphatic rings. The molecule has 0 radical (unpaired) electrons. The number of imidazole rings is 1. The maximum absolute atomic E-state index is 13.3. The van der Waals surface area contributed by atoms with E-state index < -0.39 is 0 Å². The van der Waals surface area contributed by atoms with Gasteiger partial charge >= 0.3 is 0 Å². The number of benzene rings is 1. The third-order valence-corrected chi connectivity index (χ3v) is 5.02. The number of rotatable bonds is 3. The monoisotopic (exact) mass is 373 g/mol. The van der Waals surface area contributed by atoms with Crippen molar-refractivity contribution < 1.29 is 0 Å². The van der Waals surface area contributed by atoms with Gasteiger partial charge in [0, 0.05) is 47.5 Å². The molecule has 0 aliphatic heterocycles. The van der Waals surface area contributed by atoms with E-state index in [2.05, 4.69) is 31.9 Å². The Morgan fingerprint density at radius 2 is 1.96 bits per heavy atom. The minimum atomic E-state index is -0.164. The molecule has 0 bridgehead atoms. The molecule has 1 aromatic carbocycles. The highest BCUT2D eigenvalue weighted by Crippen LogP contribution is 2.30. The number of H-pyrrole nitrogens is 1. The van der Waals surface area contributed by atoms with Crippen molar-refractivity contribution in [2.24, 2.45) is 7.05 Å². The number of aromatic nitrogens is 7. The fourth-order valence-corrected chi connectivity index (χ4v) is 3.71. The van der Waals surface area contributed by atoms with E-state index in [0.29, 0.717) is 11.5 Å². The molecule has 0 saturated carbocycles. The molecule has 0 unspecified atom stereocenters.